The van der Waals surface area contributed by atoms with E-state index in [1.54, 1.807) is 28.4 Å². The van der Waals surface area contributed by atoms with Gasteiger partial charge in [-0.3, -0.25) is 0 Å². The summed E-state index contributed by atoms with van der Waals surface area (Å²) < 4.78 is 21.2. The molecule has 0 aromatic heterocycles. The van der Waals surface area contributed by atoms with Crippen LogP contribution < -0.4 is 18.9 Å². The van der Waals surface area contributed by atoms with E-state index >= 15 is 0 Å². The van der Waals surface area contributed by atoms with Crippen LogP contribution in [0.25, 0.3) is 11.1 Å². The summed E-state index contributed by atoms with van der Waals surface area (Å²) in [5.41, 5.74) is 7.73. The third-order valence-corrected chi connectivity index (χ3v) is 8.12. The minimum Gasteiger partial charge on any atom is -0.497 e. The number of benzene rings is 4. The van der Waals surface area contributed by atoms with Gasteiger partial charge in [-0.25, -0.2) is 0 Å². The van der Waals surface area contributed by atoms with Crippen molar-refractivity contribution < 1.29 is 18.9 Å². The van der Waals surface area contributed by atoms with E-state index in [2.05, 4.69) is 50.2 Å². The second kappa shape index (κ2) is 13.4. The minimum atomic E-state index is 0.117. The molecule has 0 heterocycles. The van der Waals surface area contributed by atoms with E-state index < -0.39 is 0 Å². The molecule has 0 saturated heterocycles. The molecule has 0 radical (unpaired) electrons. The largest absolute Gasteiger partial charge is 0.497 e. The summed E-state index contributed by atoms with van der Waals surface area (Å²) >= 11 is 0. The monoisotopic (exact) mass is 538 g/mol. The zero-order valence-corrected chi connectivity index (χ0v) is 24.8. The lowest BCUT2D eigenvalue weighted by atomic mass is 9.65. The zero-order chi connectivity index (χ0) is 28.5. The molecule has 1 fully saturated rings. The first-order chi connectivity index (χ1) is 19.4. The molecule has 0 N–H and O–H groups in total. The van der Waals surface area contributed by atoms with Crippen molar-refractivity contribution in [3.05, 3.63) is 107 Å². The molecule has 0 bridgehead atoms. The summed E-state index contributed by atoms with van der Waals surface area (Å²) in [6, 6.07) is 29.4. The number of hydrogen-bond donors (Lipinski definition) is 0. The van der Waals surface area contributed by atoms with Crippen LogP contribution in [0.5, 0.6) is 23.0 Å². The summed E-state index contributed by atoms with van der Waals surface area (Å²) in [5.74, 6) is 3.68. The fourth-order valence-electron chi connectivity index (χ4n) is 5.82. The minimum absolute atomic E-state index is 0.117. The van der Waals surface area contributed by atoms with Crippen molar-refractivity contribution in [1.29, 1.82) is 0 Å². The number of methoxy groups -OCH3 is 4. The van der Waals surface area contributed by atoms with Crippen LogP contribution >= 0.6 is 0 Å². The Labute approximate surface area is 239 Å². The maximum atomic E-state index is 5.46. The lowest BCUT2D eigenvalue weighted by Crippen LogP contribution is -2.30. The summed E-state index contributed by atoms with van der Waals surface area (Å²) in [4.78, 5) is 0. The number of ether oxygens (including phenoxy) is 4. The van der Waals surface area contributed by atoms with E-state index in [9.17, 15) is 0 Å². The number of aryl methyl sites for hydroxylation is 2. The first kappa shape index (κ1) is 29.1. The van der Waals surface area contributed by atoms with Gasteiger partial charge in [-0.1, -0.05) is 67.8 Å². The Morgan fingerprint density at radius 2 is 0.875 bits per heavy atom. The first-order valence-corrected chi connectivity index (χ1v) is 14.0. The van der Waals surface area contributed by atoms with Crippen LogP contribution in [0.2, 0.25) is 0 Å². The Kier molecular flexibility index (Phi) is 9.76. The average Bonchev–Trinajstić information content (AvgIpc) is 3.01. The van der Waals surface area contributed by atoms with Crippen LogP contribution in [0.4, 0.5) is 0 Å². The van der Waals surface area contributed by atoms with Gasteiger partial charge < -0.3 is 18.9 Å². The Morgan fingerprint density at radius 1 is 0.475 bits per heavy atom. The fourth-order valence-corrected chi connectivity index (χ4v) is 5.82. The molecule has 1 aliphatic rings. The van der Waals surface area contributed by atoms with E-state index in [-0.39, 0.29) is 5.41 Å². The normalized spacial score (nSPS) is 13.9. The molecule has 0 amide bonds. The highest BCUT2D eigenvalue weighted by molar-refractivity contribution is 5.64. The van der Waals surface area contributed by atoms with Crippen LogP contribution in [0.3, 0.4) is 0 Å². The molecular formula is C36H42O4. The van der Waals surface area contributed by atoms with Gasteiger partial charge in [-0.2, -0.15) is 0 Å². The fraction of sp³-hybridized carbons (Fsp3) is 0.333. The quantitative estimate of drug-likeness (QED) is 0.235. The summed E-state index contributed by atoms with van der Waals surface area (Å²) in [6.07, 6.45) is 6.34. The second-order valence-corrected chi connectivity index (χ2v) is 10.5. The highest BCUT2D eigenvalue weighted by Gasteiger charge is 2.36. The SMILES string of the molecule is COc1ccc(-c2ccc(OC)cc2)cc1.COc1ccc(C2(c3ccc(OC)c(C)c3)CCCCC2)cc1C. The third-order valence-electron chi connectivity index (χ3n) is 8.12. The van der Waals surface area contributed by atoms with Crippen LogP contribution in [0.15, 0.2) is 84.9 Å². The van der Waals surface area contributed by atoms with Crippen molar-refractivity contribution in [2.24, 2.45) is 0 Å². The van der Waals surface area contributed by atoms with Crippen molar-refractivity contribution in [3.63, 3.8) is 0 Å². The van der Waals surface area contributed by atoms with Gasteiger partial charge in [0.1, 0.15) is 23.0 Å². The van der Waals surface area contributed by atoms with Crippen molar-refractivity contribution in [2.45, 2.75) is 51.4 Å². The molecule has 40 heavy (non-hydrogen) atoms. The lowest BCUT2D eigenvalue weighted by molar-refractivity contribution is 0.344. The van der Waals surface area contributed by atoms with Gasteiger partial charge in [0, 0.05) is 5.41 Å². The molecule has 4 heteroatoms. The molecule has 1 saturated carbocycles. The topological polar surface area (TPSA) is 36.9 Å². The number of rotatable bonds is 7. The molecule has 5 rings (SSSR count). The van der Waals surface area contributed by atoms with Gasteiger partial charge in [0.05, 0.1) is 28.4 Å². The van der Waals surface area contributed by atoms with Crippen molar-refractivity contribution in [1.82, 2.24) is 0 Å². The van der Waals surface area contributed by atoms with E-state index in [4.69, 9.17) is 18.9 Å². The van der Waals surface area contributed by atoms with E-state index in [0.29, 0.717) is 0 Å². The zero-order valence-electron chi connectivity index (χ0n) is 24.8. The Morgan fingerprint density at radius 3 is 1.20 bits per heavy atom. The van der Waals surface area contributed by atoms with E-state index in [1.165, 1.54) is 65.5 Å². The molecule has 0 aliphatic heterocycles. The molecule has 4 aromatic carbocycles. The Balaban J connectivity index is 0.000000201. The first-order valence-electron chi connectivity index (χ1n) is 14.0. The number of hydrogen-bond acceptors (Lipinski definition) is 4. The van der Waals surface area contributed by atoms with Crippen LogP contribution in [-0.2, 0) is 5.41 Å². The maximum Gasteiger partial charge on any atom is 0.121 e. The predicted octanol–water partition coefficient (Wildman–Crippen LogP) is 8.94. The van der Waals surface area contributed by atoms with Gasteiger partial charge in [0.25, 0.3) is 0 Å². The predicted molar refractivity (Wildman–Crippen MR) is 164 cm³/mol. The highest BCUT2D eigenvalue weighted by atomic mass is 16.5. The molecule has 0 unspecified atom stereocenters. The van der Waals surface area contributed by atoms with E-state index in [0.717, 1.165) is 23.0 Å². The molecule has 4 nitrogen and oxygen atoms in total. The second-order valence-electron chi connectivity index (χ2n) is 10.5. The van der Waals surface area contributed by atoms with Crippen LogP contribution in [0.1, 0.15) is 54.4 Å². The van der Waals surface area contributed by atoms with Crippen molar-refractivity contribution in [2.75, 3.05) is 28.4 Å². The Hall–Kier alpha value is -3.92. The molecule has 0 atom stereocenters. The molecule has 210 valence electrons. The Bertz CT molecular complexity index is 1270. The van der Waals surface area contributed by atoms with Gasteiger partial charge in [-0.15, -0.1) is 0 Å². The molecule has 1 aliphatic carbocycles. The van der Waals surface area contributed by atoms with Gasteiger partial charge >= 0.3 is 0 Å². The van der Waals surface area contributed by atoms with Gasteiger partial charge in [-0.05, 0) is 96.5 Å². The lowest BCUT2D eigenvalue weighted by Gasteiger charge is -2.39. The highest BCUT2D eigenvalue weighted by Crippen LogP contribution is 2.46. The molecule has 4 aromatic rings. The smallest absolute Gasteiger partial charge is 0.121 e. The van der Waals surface area contributed by atoms with Gasteiger partial charge in [0.15, 0.2) is 0 Å². The standard InChI is InChI=1S/C22H28O2.C14H14O2/c1-16-14-18(8-10-20(16)23-3)22(12-6-5-7-13-22)19-9-11-21(24-4)17(2)15-19;1-15-13-7-3-11(4-8-13)12-5-9-14(16-2)10-6-12/h8-11,14-15H,5-7,12-13H2,1-4H3;3-10H,1-2H3. The average molecular weight is 539 g/mol. The molecule has 0 spiro atoms. The van der Waals surface area contributed by atoms with E-state index in [1.807, 2.05) is 48.5 Å². The van der Waals surface area contributed by atoms with Crippen molar-refractivity contribution >= 4 is 0 Å². The van der Waals surface area contributed by atoms with Crippen molar-refractivity contribution in [3.8, 4) is 34.1 Å². The maximum absolute atomic E-state index is 5.46. The summed E-state index contributed by atoms with van der Waals surface area (Å²) in [7, 11) is 6.82. The van der Waals surface area contributed by atoms with Crippen LogP contribution in [-0.4, -0.2) is 28.4 Å². The van der Waals surface area contributed by atoms with Crippen LogP contribution in [0, 0.1) is 13.8 Å². The summed E-state index contributed by atoms with van der Waals surface area (Å²) in [6.45, 7) is 4.27. The van der Waals surface area contributed by atoms with Gasteiger partial charge in [0.2, 0.25) is 0 Å². The molecular weight excluding hydrogens is 496 g/mol. The third kappa shape index (κ3) is 6.44. The summed E-state index contributed by atoms with van der Waals surface area (Å²) in [5, 5.41) is 0.